The Bertz CT molecular complexity index is 175. The molecule has 0 heterocycles. The van der Waals surface area contributed by atoms with E-state index in [1.807, 2.05) is 19.2 Å². The normalized spacial score (nSPS) is 12.8. The maximum absolute atomic E-state index is 3.74. The second-order valence-electron chi connectivity index (χ2n) is 2.94. The SMILES string of the molecule is C=C/C=C(\C=C)C(C)(C)NC. The summed E-state index contributed by atoms with van der Waals surface area (Å²) in [6, 6.07) is 0. The van der Waals surface area contributed by atoms with Crippen LogP contribution < -0.4 is 5.32 Å². The van der Waals surface area contributed by atoms with E-state index >= 15 is 0 Å². The molecule has 1 heteroatoms. The van der Waals surface area contributed by atoms with Gasteiger partial charge in [0.1, 0.15) is 0 Å². The van der Waals surface area contributed by atoms with Crippen LogP contribution in [0.25, 0.3) is 0 Å². The molecule has 0 spiro atoms. The van der Waals surface area contributed by atoms with Crippen molar-refractivity contribution in [1.82, 2.24) is 5.32 Å². The molecule has 0 saturated heterocycles. The summed E-state index contributed by atoms with van der Waals surface area (Å²) in [5, 5.41) is 3.19. The molecule has 0 rings (SSSR count). The largest absolute Gasteiger partial charge is 0.311 e. The lowest BCUT2D eigenvalue weighted by molar-refractivity contribution is 0.507. The maximum atomic E-state index is 3.74. The highest BCUT2D eigenvalue weighted by Gasteiger charge is 2.16. The van der Waals surface area contributed by atoms with Gasteiger partial charge in [-0.05, 0) is 26.5 Å². The van der Waals surface area contributed by atoms with Crippen molar-refractivity contribution < 1.29 is 0 Å². The minimum atomic E-state index is -0.0179. The van der Waals surface area contributed by atoms with Crippen LogP contribution >= 0.6 is 0 Å². The predicted octanol–water partition coefficient (Wildman–Crippen LogP) is 2.28. The molecule has 0 fully saturated rings. The van der Waals surface area contributed by atoms with Crippen LogP contribution in [0.5, 0.6) is 0 Å². The monoisotopic (exact) mass is 151 g/mol. The Morgan fingerprint density at radius 1 is 1.36 bits per heavy atom. The van der Waals surface area contributed by atoms with Crippen LogP contribution in [-0.4, -0.2) is 12.6 Å². The number of nitrogens with one attached hydrogen (secondary N) is 1. The van der Waals surface area contributed by atoms with Crippen molar-refractivity contribution in [3.8, 4) is 0 Å². The number of hydrogen-bond donors (Lipinski definition) is 1. The van der Waals surface area contributed by atoms with E-state index in [2.05, 4.69) is 32.3 Å². The van der Waals surface area contributed by atoms with Gasteiger partial charge in [0.05, 0.1) is 0 Å². The molecule has 0 aromatic carbocycles. The molecule has 0 aliphatic rings. The van der Waals surface area contributed by atoms with Crippen LogP contribution in [0.2, 0.25) is 0 Å². The Kier molecular flexibility index (Phi) is 3.83. The van der Waals surface area contributed by atoms with Crippen molar-refractivity contribution in [2.75, 3.05) is 7.05 Å². The average Bonchev–Trinajstić information content (AvgIpc) is 2.00. The molecule has 0 aromatic rings. The average molecular weight is 151 g/mol. The summed E-state index contributed by atoms with van der Waals surface area (Å²) in [6.07, 6.45) is 5.58. The number of rotatable bonds is 4. The molecule has 0 aliphatic heterocycles. The molecule has 0 amide bonds. The zero-order chi connectivity index (χ0) is 8.91. The first kappa shape index (κ1) is 10.2. The van der Waals surface area contributed by atoms with Crippen molar-refractivity contribution in [2.24, 2.45) is 0 Å². The molecule has 0 aliphatic carbocycles. The van der Waals surface area contributed by atoms with Crippen LogP contribution in [0.1, 0.15) is 13.8 Å². The van der Waals surface area contributed by atoms with Gasteiger partial charge in [0.15, 0.2) is 0 Å². The molecule has 0 atom stereocenters. The highest BCUT2D eigenvalue weighted by molar-refractivity contribution is 5.30. The first-order valence-electron chi connectivity index (χ1n) is 3.73. The van der Waals surface area contributed by atoms with Crippen molar-refractivity contribution in [2.45, 2.75) is 19.4 Å². The third-order valence-corrected chi connectivity index (χ3v) is 1.86. The molecular formula is C10H17N. The fourth-order valence-corrected chi connectivity index (χ4v) is 0.803. The minimum absolute atomic E-state index is 0.0179. The Morgan fingerprint density at radius 2 is 1.91 bits per heavy atom. The number of allylic oxidation sites excluding steroid dienone is 2. The van der Waals surface area contributed by atoms with Crippen LogP contribution in [0.15, 0.2) is 37.0 Å². The van der Waals surface area contributed by atoms with Gasteiger partial charge in [0.25, 0.3) is 0 Å². The van der Waals surface area contributed by atoms with Crippen LogP contribution in [0.4, 0.5) is 0 Å². The molecule has 0 radical (unpaired) electrons. The third-order valence-electron chi connectivity index (χ3n) is 1.86. The van der Waals surface area contributed by atoms with Gasteiger partial charge in [-0.15, -0.1) is 0 Å². The standard InChI is InChI=1S/C10H17N/c1-6-8-9(7-2)10(3,4)11-5/h6-8,11H,1-2H2,3-5H3/b9-8+. The molecule has 1 nitrogen and oxygen atoms in total. The Balaban J connectivity index is 4.62. The molecule has 1 N–H and O–H groups in total. The van der Waals surface area contributed by atoms with E-state index in [4.69, 9.17) is 0 Å². The summed E-state index contributed by atoms with van der Waals surface area (Å²) in [7, 11) is 1.93. The summed E-state index contributed by atoms with van der Waals surface area (Å²) in [5.41, 5.74) is 1.13. The smallest absolute Gasteiger partial charge is 0.0374 e. The van der Waals surface area contributed by atoms with Crippen molar-refractivity contribution in [3.63, 3.8) is 0 Å². The van der Waals surface area contributed by atoms with Crippen molar-refractivity contribution >= 4 is 0 Å². The van der Waals surface area contributed by atoms with Gasteiger partial charge in [0.2, 0.25) is 0 Å². The van der Waals surface area contributed by atoms with E-state index in [1.54, 1.807) is 6.08 Å². The van der Waals surface area contributed by atoms with E-state index in [1.165, 1.54) is 0 Å². The zero-order valence-corrected chi connectivity index (χ0v) is 7.65. The van der Waals surface area contributed by atoms with Gasteiger partial charge in [0, 0.05) is 5.54 Å². The van der Waals surface area contributed by atoms with Gasteiger partial charge in [-0.25, -0.2) is 0 Å². The molecule has 0 unspecified atom stereocenters. The van der Waals surface area contributed by atoms with E-state index < -0.39 is 0 Å². The number of likely N-dealkylation sites (N-methyl/N-ethyl adjacent to an activating group) is 1. The third kappa shape index (κ3) is 2.72. The Labute approximate surface area is 69.5 Å². The molecular weight excluding hydrogens is 134 g/mol. The topological polar surface area (TPSA) is 12.0 Å². The second-order valence-corrected chi connectivity index (χ2v) is 2.94. The Hall–Kier alpha value is -0.820. The van der Waals surface area contributed by atoms with Gasteiger partial charge in [-0.3, -0.25) is 0 Å². The molecule has 62 valence electrons. The van der Waals surface area contributed by atoms with Gasteiger partial charge in [-0.1, -0.05) is 31.4 Å². The zero-order valence-electron chi connectivity index (χ0n) is 7.65. The predicted molar refractivity (Wildman–Crippen MR) is 51.6 cm³/mol. The molecule has 0 aromatic heterocycles. The lowest BCUT2D eigenvalue weighted by atomic mass is 9.94. The van der Waals surface area contributed by atoms with Gasteiger partial charge < -0.3 is 5.32 Å². The quantitative estimate of drug-likeness (QED) is 0.608. The Morgan fingerprint density at radius 3 is 2.18 bits per heavy atom. The lowest BCUT2D eigenvalue weighted by Crippen LogP contribution is -2.37. The highest BCUT2D eigenvalue weighted by Crippen LogP contribution is 2.15. The van der Waals surface area contributed by atoms with E-state index in [9.17, 15) is 0 Å². The fourth-order valence-electron chi connectivity index (χ4n) is 0.803. The number of hydrogen-bond acceptors (Lipinski definition) is 1. The van der Waals surface area contributed by atoms with Gasteiger partial charge in [-0.2, -0.15) is 0 Å². The van der Waals surface area contributed by atoms with Crippen LogP contribution in [0.3, 0.4) is 0 Å². The summed E-state index contributed by atoms with van der Waals surface area (Å²) < 4.78 is 0. The lowest BCUT2D eigenvalue weighted by Gasteiger charge is -2.25. The highest BCUT2D eigenvalue weighted by atomic mass is 14.9. The molecule has 0 saturated carbocycles. The van der Waals surface area contributed by atoms with Crippen molar-refractivity contribution in [1.29, 1.82) is 0 Å². The summed E-state index contributed by atoms with van der Waals surface area (Å²) >= 11 is 0. The second kappa shape index (κ2) is 4.14. The van der Waals surface area contributed by atoms with Crippen LogP contribution in [-0.2, 0) is 0 Å². The summed E-state index contributed by atoms with van der Waals surface area (Å²) in [4.78, 5) is 0. The van der Waals surface area contributed by atoms with E-state index in [0.29, 0.717) is 0 Å². The maximum Gasteiger partial charge on any atom is 0.0374 e. The molecule has 0 bridgehead atoms. The summed E-state index contributed by atoms with van der Waals surface area (Å²) in [6.45, 7) is 11.6. The van der Waals surface area contributed by atoms with E-state index in [-0.39, 0.29) is 5.54 Å². The van der Waals surface area contributed by atoms with Crippen molar-refractivity contribution in [3.05, 3.63) is 37.0 Å². The summed E-state index contributed by atoms with van der Waals surface area (Å²) in [5.74, 6) is 0. The first-order valence-corrected chi connectivity index (χ1v) is 3.73. The minimum Gasteiger partial charge on any atom is -0.311 e. The molecule has 11 heavy (non-hydrogen) atoms. The first-order chi connectivity index (χ1) is 5.08. The van der Waals surface area contributed by atoms with E-state index in [0.717, 1.165) is 5.57 Å². The van der Waals surface area contributed by atoms with Crippen LogP contribution in [0, 0.1) is 0 Å². The van der Waals surface area contributed by atoms with Gasteiger partial charge >= 0.3 is 0 Å². The fraction of sp³-hybridized carbons (Fsp3) is 0.400.